The molecule has 1 aromatic carbocycles. The SMILES string of the molecule is Cc1ccc(C(=O)Cc2ccc(Br)cn2)c(F)c1. The first-order valence-electron chi connectivity index (χ1n) is 5.46. The molecule has 2 aromatic rings. The van der Waals surface area contributed by atoms with Gasteiger partial charge < -0.3 is 0 Å². The Kier molecular flexibility index (Phi) is 3.87. The number of halogens is 2. The number of Topliss-reactive ketones (excluding diaryl/α,β-unsaturated/α-hetero) is 1. The fourth-order valence-corrected chi connectivity index (χ4v) is 1.85. The van der Waals surface area contributed by atoms with Crippen LogP contribution in [0.5, 0.6) is 0 Å². The van der Waals surface area contributed by atoms with E-state index in [0.29, 0.717) is 5.69 Å². The molecule has 4 heteroatoms. The summed E-state index contributed by atoms with van der Waals surface area (Å²) in [7, 11) is 0. The third-order valence-corrected chi connectivity index (χ3v) is 3.02. The normalized spacial score (nSPS) is 10.4. The highest BCUT2D eigenvalue weighted by molar-refractivity contribution is 9.10. The summed E-state index contributed by atoms with van der Waals surface area (Å²) < 4.78 is 14.5. The number of aromatic nitrogens is 1. The van der Waals surface area contributed by atoms with Crippen LogP contribution in [-0.2, 0) is 6.42 Å². The molecule has 18 heavy (non-hydrogen) atoms. The predicted molar refractivity (Wildman–Crippen MR) is 71.1 cm³/mol. The van der Waals surface area contributed by atoms with Crippen LogP contribution in [0.25, 0.3) is 0 Å². The number of hydrogen-bond acceptors (Lipinski definition) is 2. The van der Waals surface area contributed by atoms with E-state index in [9.17, 15) is 9.18 Å². The zero-order valence-electron chi connectivity index (χ0n) is 9.78. The van der Waals surface area contributed by atoms with Crippen molar-refractivity contribution in [3.63, 3.8) is 0 Å². The van der Waals surface area contributed by atoms with Gasteiger partial charge >= 0.3 is 0 Å². The number of ketones is 1. The summed E-state index contributed by atoms with van der Waals surface area (Å²) in [5, 5.41) is 0. The molecule has 0 saturated carbocycles. The maximum atomic E-state index is 13.6. The van der Waals surface area contributed by atoms with Crippen LogP contribution in [0.1, 0.15) is 21.6 Å². The Morgan fingerprint density at radius 3 is 2.72 bits per heavy atom. The van der Waals surface area contributed by atoms with Gasteiger partial charge in [-0.1, -0.05) is 6.07 Å². The van der Waals surface area contributed by atoms with E-state index < -0.39 is 5.82 Å². The second kappa shape index (κ2) is 5.40. The van der Waals surface area contributed by atoms with Crippen LogP contribution in [-0.4, -0.2) is 10.8 Å². The molecule has 0 aliphatic heterocycles. The molecule has 0 unspecified atom stereocenters. The Morgan fingerprint density at radius 2 is 2.11 bits per heavy atom. The summed E-state index contributed by atoms with van der Waals surface area (Å²) in [6, 6.07) is 8.16. The minimum atomic E-state index is -0.475. The lowest BCUT2D eigenvalue weighted by atomic mass is 10.0. The van der Waals surface area contributed by atoms with Crippen molar-refractivity contribution in [1.29, 1.82) is 0 Å². The summed E-state index contributed by atoms with van der Waals surface area (Å²) in [4.78, 5) is 16.0. The highest BCUT2D eigenvalue weighted by Crippen LogP contribution is 2.14. The average Bonchev–Trinajstić information content (AvgIpc) is 2.32. The number of rotatable bonds is 3. The molecule has 0 amide bonds. The van der Waals surface area contributed by atoms with Crippen molar-refractivity contribution in [3.05, 3.63) is 63.6 Å². The predicted octanol–water partition coefficient (Wildman–Crippen LogP) is 3.72. The standard InChI is InChI=1S/C14H11BrFNO/c1-9-2-5-12(13(16)6-9)14(18)7-11-4-3-10(15)8-17-11/h2-6,8H,7H2,1H3. The molecule has 1 aromatic heterocycles. The zero-order valence-corrected chi connectivity index (χ0v) is 11.4. The molecule has 1 heterocycles. The lowest BCUT2D eigenvalue weighted by Crippen LogP contribution is -2.07. The number of carbonyl (C=O) groups excluding carboxylic acids is 1. The van der Waals surface area contributed by atoms with Crippen molar-refractivity contribution in [1.82, 2.24) is 4.98 Å². The first kappa shape index (κ1) is 12.9. The van der Waals surface area contributed by atoms with Crippen molar-refractivity contribution in [2.45, 2.75) is 13.3 Å². The molecule has 0 radical (unpaired) electrons. The second-order valence-corrected chi connectivity index (χ2v) is 4.97. The molecule has 0 spiro atoms. The number of hydrogen-bond donors (Lipinski definition) is 0. The minimum absolute atomic E-state index is 0.104. The van der Waals surface area contributed by atoms with E-state index in [2.05, 4.69) is 20.9 Å². The third-order valence-electron chi connectivity index (χ3n) is 2.56. The Hall–Kier alpha value is -1.55. The highest BCUT2D eigenvalue weighted by Gasteiger charge is 2.12. The number of aryl methyl sites for hydroxylation is 1. The van der Waals surface area contributed by atoms with Crippen LogP contribution < -0.4 is 0 Å². The molecule has 0 fully saturated rings. The molecule has 0 aliphatic carbocycles. The van der Waals surface area contributed by atoms with E-state index in [1.54, 1.807) is 31.3 Å². The van der Waals surface area contributed by atoms with Crippen molar-refractivity contribution < 1.29 is 9.18 Å². The van der Waals surface area contributed by atoms with E-state index in [4.69, 9.17) is 0 Å². The van der Waals surface area contributed by atoms with Crippen LogP contribution in [0.15, 0.2) is 41.0 Å². The van der Waals surface area contributed by atoms with Crippen LogP contribution in [0, 0.1) is 12.7 Å². The molecule has 2 rings (SSSR count). The summed E-state index contributed by atoms with van der Waals surface area (Å²) in [6.07, 6.45) is 1.72. The molecule has 0 N–H and O–H groups in total. The lowest BCUT2D eigenvalue weighted by Gasteiger charge is -2.03. The molecule has 0 aliphatic rings. The smallest absolute Gasteiger partial charge is 0.171 e. The van der Waals surface area contributed by atoms with Gasteiger partial charge in [-0.15, -0.1) is 0 Å². The number of benzene rings is 1. The molecular formula is C14H11BrFNO. The van der Waals surface area contributed by atoms with Gasteiger partial charge in [0.2, 0.25) is 0 Å². The fraction of sp³-hybridized carbons (Fsp3) is 0.143. The second-order valence-electron chi connectivity index (χ2n) is 4.05. The van der Waals surface area contributed by atoms with Gasteiger partial charge in [-0.25, -0.2) is 4.39 Å². The van der Waals surface area contributed by atoms with Crippen LogP contribution in [0.3, 0.4) is 0 Å². The van der Waals surface area contributed by atoms with Crippen molar-refractivity contribution in [2.24, 2.45) is 0 Å². The maximum absolute atomic E-state index is 13.6. The summed E-state index contributed by atoms with van der Waals surface area (Å²) >= 11 is 3.27. The van der Waals surface area contributed by atoms with Crippen molar-refractivity contribution in [3.8, 4) is 0 Å². The first-order valence-corrected chi connectivity index (χ1v) is 6.25. The van der Waals surface area contributed by atoms with Crippen LogP contribution in [0.2, 0.25) is 0 Å². The van der Waals surface area contributed by atoms with E-state index in [0.717, 1.165) is 10.0 Å². The van der Waals surface area contributed by atoms with Crippen LogP contribution >= 0.6 is 15.9 Å². The molecule has 92 valence electrons. The van der Waals surface area contributed by atoms with Gasteiger partial charge in [0, 0.05) is 16.4 Å². The Balaban J connectivity index is 2.19. The van der Waals surface area contributed by atoms with Gasteiger partial charge in [0.15, 0.2) is 5.78 Å². The van der Waals surface area contributed by atoms with Crippen molar-refractivity contribution in [2.75, 3.05) is 0 Å². The monoisotopic (exact) mass is 307 g/mol. The number of nitrogens with zero attached hydrogens (tertiary/aromatic N) is 1. The Bertz CT molecular complexity index is 581. The lowest BCUT2D eigenvalue weighted by molar-refractivity contribution is 0.0988. The van der Waals surface area contributed by atoms with Crippen molar-refractivity contribution >= 4 is 21.7 Å². The third kappa shape index (κ3) is 3.01. The molecule has 0 bridgehead atoms. The van der Waals surface area contributed by atoms with Crippen LogP contribution in [0.4, 0.5) is 4.39 Å². The van der Waals surface area contributed by atoms with E-state index >= 15 is 0 Å². The van der Waals surface area contributed by atoms with E-state index in [1.165, 1.54) is 12.1 Å². The van der Waals surface area contributed by atoms with Gasteiger partial charge in [-0.2, -0.15) is 0 Å². The van der Waals surface area contributed by atoms with Gasteiger partial charge in [-0.3, -0.25) is 9.78 Å². The van der Waals surface area contributed by atoms with Gasteiger partial charge in [0.05, 0.1) is 12.0 Å². The zero-order chi connectivity index (χ0) is 13.1. The molecular weight excluding hydrogens is 297 g/mol. The minimum Gasteiger partial charge on any atom is -0.294 e. The summed E-state index contributed by atoms with van der Waals surface area (Å²) in [5.74, 6) is -0.737. The maximum Gasteiger partial charge on any atom is 0.171 e. The topological polar surface area (TPSA) is 30.0 Å². The van der Waals surface area contributed by atoms with Gasteiger partial charge in [-0.05, 0) is 52.7 Å². The van der Waals surface area contributed by atoms with E-state index in [1.807, 2.05) is 0 Å². The van der Waals surface area contributed by atoms with Gasteiger partial charge in [0.25, 0.3) is 0 Å². The highest BCUT2D eigenvalue weighted by atomic mass is 79.9. The first-order chi connectivity index (χ1) is 8.56. The molecule has 2 nitrogen and oxygen atoms in total. The van der Waals surface area contributed by atoms with E-state index in [-0.39, 0.29) is 17.8 Å². The quantitative estimate of drug-likeness (QED) is 0.809. The summed E-state index contributed by atoms with van der Waals surface area (Å²) in [6.45, 7) is 1.79. The Labute approximate surface area is 113 Å². The largest absolute Gasteiger partial charge is 0.294 e. The summed E-state index contributed by atoms with van der Waals surface area (Å²) in [5.41, 5.74) is 1.54. The number of carbonyl (C=O) groups is 1. The fourth-order valence-electron chi connectivity index (χ4n) is 1.62. The molecule has 0 saturated heterocycles. The van der Waals surface area contributed by atoms with Gasteiger partial charge in [0.1, 0.15) is 5.82 Å². The molecule has 0 atom stereocenters. The average molecular weight is 308 g/mol. The number of pyridine rings is 1. The Morgan fingerprint density at radius 1 is 1.33 bits per heavy atom.